The van der Waals surface area contributed by atoms with Crippen molar-refractivity contribution in [2.45, 2.75) is 27.2 Å². The molecule has 0 bridgehead atoms. The molecule has 0 spiro atoms. The first-order chi connectivity index (χ1) is 11.0. The van der Waals surface area contributed by atoms with Crippen LogP contribution in [-0.4, -0.2) is 31.8 Å². The lowest BCUT2D eigenvalue weighted by atomic mass is 10.1. The van der Waals surface area contributed by atoms with Gasteiger partial charge in [0.2, 0.25) is 5.91 Å². The third-order valence-corrected chi connectivity index (χ3v) is 3.38. The first-order valence-electron chi connectivity index (χ1n) is 7.31. The van der Waals surface area contributed by atoms with Crippen molar-refractivity contribution >= 4 is 27.9 Å². The molecule has 1 aromatic carbocycles. The van der Waals surface area contributed by atoms with Gasteiger partial charge in [-0.05, 0) is 38.5 Å². The smallest absolute Gasteiger partial charge is 0.426 e. The molecule has 0 aliphatic rings. The van der Waals surface area contributed by atoms with Crippen LogP contribution in [0.2, 0.25) is 0 Å². The fourth-order valence-electron chi connectivity index (χ4n) is 1.75. The monoisotopic (exact) mass is 388 g/mol. The van der Waals surface area contributed by atoms with Gasteiger partial charge in [-0.2, -0.15) is 0 Å². The van der Waals surface area contributed by atoms with E-state index in [1.54, 1.807) is 19.1 Å². The SMILES string of the molecule is CCOC(=O)NNC(=O)Cc1cc(OCC)c(OCC)cc1Br. The lowest BCUT2D eigenvalue weighted by molar-refractivity contribution is -0.121. The first-order valence-corrected chi connectivity index (χ1v) is 8.10. The summed E-state index contributed by atoms with van der Waals surface area (Å²) in [7, 11) is 0. The Labute approximate surface area is 143 Å². The second kappa shape index (κ2) is 9.94. The van der Waals surface area contributed by atoms with Crippen molar-refractivity contribution < 1.29 is 23.8 Å². The highest BCUT2D eigenvalue weighted by Crippen LogP contribution is 2.34. The largest absolute Gasteiger partial charge is 0.490 e. The van der Waals surface area contributed by atoms with Gasteiger partial charge in [0.15, 0.2) is 11.5 Å². The molecule has 0 atom stereocenters. The topological polar surface area (TPSA) is 85.9 Å². The standard InChI is InChI=1S/C15H21BrN2O5/c1-4-21-12-7-10(11(16)9-13(12)22-5-2)8-14(19)17-18-15(20)23-6-3/h7,9H,4-6,8H2,1-3H3,(H,17,19)(H,18,20). The maximum atomic E-state index is 11.9. The van der Waals surface area contributed by atoms with Crippen LogP contribution in [-0.2, 0) is 16.0 Å². The highest BCUT2D eigenvalue weighted by molar-refractivity contribution is 9.10. The summed E-state index contributed by atoms with van der Waals surface area (Å²) in [5.41, 5.74) is 5.15. The predicted molar refractivity (Wildman–Crippen MR) is 88.5 cm³/mol. The van der Waals surface area contributed by atoms with Crippen LogP contribution in [0, 0.1) is 0 Å². The van der Waals surface area contributed by atoms with E-state index in [9.17, 15) is 9.59 Å². The van der Waals surface area contributed by atoms with Crippen LogP contribution in [0.1, 0.15) is 26.3 Å². The van der Waals surface area contributed by atoms with Gasteiger partial charge in [-0.1, -0.05) is 15.9 Å². The number of benzene rings is 1. The number of halogens is 1. The summed E-state index contributed by atoms with van der Waals surface area (Å²) in [5.74, 6) is 0.791. The highest BCUT2D eigenvalue weighted by atomic mass is 79.9. The van der Waals surface area contributed by atoms with E-state index in [-0.39, 0.29) is 18.9 Å². The van der Waals surface area contributed by atoms with Crippen LogP contribution in [0.4, 0.5) is 4.79 Å². The molecule has 1 aromatic rings. The van der Waals surface area contributed by atoms with Crippen LogP contribution in [0.5, 0.6) is 11.5 Å². The zero-order valence-corrected chi connectivity index (χ0v) is 15.0. The van der Waals surface area contributed by atoms with Gasteiger partial charge in [0.05, 0.1) is 26.2 Å². The van der Waals surface area contributed by atoms with Crippen molar-refractivity contribution in [2.75, 3.05) is 19.8 Å². The van der Waals surface area contributed by atoms with E-state index >= 15 is 0 Å². The number of rotatable bonds is 7. The number of ether oxygens (including phenoxy) is 3. The van der Waals surface area contributed by atoms with Crippen molar-refractivity contribution in [3.8, 4) is 11.5 Å². The van der Waals surface area contributed by atoms with Gasteiger partial charge in [0.25, 0.3) is 0 Å². The molecule has 128 valence electrons. The summed E-state index contributed by atoms with van der Waals surface area (Å²) in [6.45, 7) is 6.64. The molecule has 0 saturated carbocycles. The molecule has 0 heterocycles. The zero-order chi connectivity index (χ0) is 17.2. The highest BCUT2D eigenvalue weighted by Gasteiger charge is 2.14. The molecule has 2 N–H and O–H groups in total. The van der Waals surface area contributed by atoms with Gasteiger partial charge >= 0.3 is 6.09 Å². The molecule has 0 unspecified atom stereocenters. The van der Waals surface area contributed by atoms with Crippen LogP contribution < -0.4 is 20.3 Å². The lowest BCUT2D eigenvalue weighted by Gasteiger charge is -2.14. The molecular formula is C15H21BrN2O5. The minimum atomic E-state index is -0.707. The Hall–Kier alpha value is -1.96. The van der Waals surface area contributed by atoms with Gasteiger partial charge in [0.1, 0.15) is 0 Å². The Bertz CT molecular complexity index is 551. The molecule has 0 aliphatic heterocycles. The molecule has 7 nitrogen and oxygen atoms in total. The summed E-state index contributed by atoms with van der Waals surface area (Å²) in [4.78, 5) is 23.0. The second-order valence-electron chi connectivity index (χ2n) is 4.33. The molecule has 0 radical (unpaired) electrons. The molecular weight excluding hydrogens is 368 g/mol. The zero-order valence-electron chi connectivity index (χ0n) is 13.4. The summed E-state index contributed by atoms with van der Waals surface area (Å²) < 4.78 is 16.4. The third kappa shape index (κ3) is 6.35. The average Bonchev–Trinajstić information content (AvgIpc) is 2.50. The maximum Gasteiger partial charge on any atom is 0.426 e. The predicted octanol–water partition coefficient (Wildman–Crippen LogP) is 2.57. The summed E-state index contributed by atoms with van der Waals surface area (Å²) >= 11 is 3.41. The Morgan fingerprint density at radius 2 is 1.61 bits per heavy atom. The maximum absolute atomic E-state index is 11.9. The van der Waals surface area contributed by atoms with Gasteiger partial charge in [-0.25, -0.2) is 10.2 Å². The fourth-order valence-corrected chi connectivity index (χ4v) is 2.22. The summed E-state index contributed by atoms with van der Waals surface area (Å²) in [5, 5.41) is 0. The average molecular weight is 389 g/mol. The van der Waals surface area contributed by atoms with Crippen molar-refractivity contribution in [3.05, 3.63) is 22.2 Å². The Morgan fingerprint density at radius 3 is 2.17 bits per heavy atom. The number of carbonyl (C=O) groups excluding carboxylic acids is 2. The molecule has 0 aliphatic carbocycles. The van der Waals surface area contributed by atoms with E-state index in [1.165, 1.54) is 0 Å². The van der Waals surface area contributed by atoms with E-state index in [0.29, 0.717) is 30.3 Å². The van der Waals surface area contributed by atoms with E-state index in [1.807, 2.05) is 13.8 Å². The minimum absolute atomic E-state index is 0.0550. The minimum Gasteiger partial charge on any atom is -0.490 e. The van der Waals surface area contributed by atoms with Crippen LogP contribution >= 0.6 is 15.9 Å². The van der Waals surface area contributed by atoms with E-state index in [4.69, 9.17) is 9.47 Å². The van der Waals surface area contributed by atoms with Crippen LogP contribution in [0.3, 0.4) is 0 Å². The van der Waals surface area contributed by atoms with Gasteiger partial charge in [-0.15, -0.1) is 0 Å². The van der Waals surface area contributed by atoms with Gasteiger partial charge < -0.3 is 14.2 Å². The summed E-state index contributed by atoms with van der Waals surface area (Å²) in [6, 6.07) is 3.50. The normalized spacial score (nSPS) is 9.91. The quantitative estimate of drug-likeness (QED) is 0.701. The van der Waals surface area contributed by atoms with Gasteiger partial charge in [-0.3, -0.25) is 10.2 Å². The number of hydrogen-bond donors (Lipinski definition) is 2. The lowest BCUT2D eigenvalue weighted by Crippen LogP contribution is -2.42. The Balaban J connectivity index is 2.77. The molecule has 23 heavy (non-hydrogen) atoms. The van der Waals surface area contributed by atoms with Crippen LogP contribution in [0.15, 0.2) is 16.6 Å². The van der Waals surface area contributed by atoms with Gasteiger partial charge in [0, 0.05) is 4.47 Å². The van der Waals surface area contributed by atoms with Crippen molar-refractivity contribution in [1.82, 2.24) is 10.9 Å². The van der Waals surface area contributed by atoms with E-state index in [0.717, 1.165) is 4.47 Å². The molecule has 8 heteroatoms. The number of carbonyl (C=O) groups is 2. The number of amides is 2. The number of nitrogens with one attached hydrogen (secondary N) is 2. The Kier molecular flexibility index (Phi) is 8.25. The third-order valence-electron chi connectivity index (χ3n) is 2.64. The fraction of sp³-hybridized carbons (Fsp3) is 0.467. The molecule has 0 aromatic heterocycles. The second-order valence-corrected chi connectivity index (χ2v) is 5.18. The van der Waals surface area contributed by atoms with E-state index in [2.05, 4.69) is 31.5 Å². The van der Waals surface area contributed by atoms with Crippen molar-refractivity contribution in [3.63, 3.8) is 0 Å². The van der Waals surface area contributed by atoms with E-state index < -0.39 is 6.09 Å². The molecule has 2 amide bonds. The van der Waals surface area contributed by atoms with Crippen LogP contribution in [0.25, 0.3) is 0 Å². The first kappa shape index (κ1) is 19.1. The molecule has 0 fully saturated rings. The molecule has 0 saturated heterocycles. The summed E-state index contributed by atoms with van der Waals surface area (Å²) in [6.07, 6.45) is -0.652. The Morgan fingerprint density at radius 1 is 1.00 bits per heavy atom. The molecule has 1 rings (SSSR count). The van der Waals surface area contributed by atoms with Crippen molar-refractivity contribution in [1.29, 1.82) is 0 Å². The number of hydrazine groups is 1. The number of hydrogen-bond acceptors (Lipinski definition) is 5. The van der Waals surface area contributed by atoms with Crippen molar-refractivity contribution in [2.24, 2.45) is 0 Å².